The number of hydrogen-bond acceptors (Lipinski definition) is 5. The molecule has 1 aromatic heterocycles. The molecule has 106 valence electrons. The van der Waals surface area contributed by atoms with Crippen molar-refractivity contribution in [1.82, 2.24) is 15.0 Å². The molecular weight excluding hydrogens is 278 g/mol. The maximum atomic E-state index is 9.30. The van der Waals surface area contributed by atoms with Crippen LogP contribution in [0.25, 0.3) is 11.4 Å². The van der Waals surface area contributed by atoms with E-state index in [2.05, 4.69) is 15.0 Å². The van der Waals surface area contributed by atoms with Gasteiger partial charge in [-0.15, -0.1) is 0 Å². The largest absolute Gasteiger partial charge is 0.395 e. The quantitative estimate of drug-likeness (QED) is 0.937. The van der Waals surface area contributed by atoms with Crippen molar-refractivity contribution in [2.24, 2.45) is 0 Å². The van der Waals surface area contributed by atoms with E-state index in [0.717, 1.165) is 24.9 Å². The van der Waals surface area contributed by atoms with Crippen LogP contribution in [-0.2, 0) is 6.54 Å². The molecule has 1 saturated heterocycles. The number of likely N-dealkylation sites (tertiary alicyclic amines) is 1. The van der Waals surface area contributed by atoms with Crippen LogP contribution in [0.5, 0.6) is 0 Å². The first-order chi connectivity index (χ1) is 9.76. The van der Waals surface area contributed by atoms with Gasteiger partial charge in [0.1, 0.15) is 0 Å². The molecule has 0 unspecified atom stereocenters. The average molecular weight is 294 g/mol. The van der Waals surface area contributed by atoms with Crippen molar-refractivity contribution < 1.29 is 9.63 Å². The summed E-state index contributed by atoms with van der Waals surface area (Å²) in [6.07, 6.45) is 2.12. The molecule has 1 atom stereocenters. The highest BCUT2D eigenvalue weighted by Crippen LogP contribution is 2.22. The van der Waals surface area contributed by atoms with Gasteiger partial charge in [-0.25, -0.2) is 0 Å². The van der Waals surface area contributed by atoms with E-state index in [4.69, 9.17) is 16.1 Å². The lowest BCUT2D eigenvalue weighted by Crippen LogP contribution is -2.31. The standard InChI is InChI=1S/C14H16ClN3O2/c15-11-5-3-10(4-6-11)14-16-13(20-17-14)8-18-7-1-2-12(18)9-19/h3-6,12,19H,1-2,7-9H2/t12-/m0/s1. The molecular formula is C14H16ClN3O2. The van der Waals surface area contributed by atoms with Crippen LogP contribution < -0.4 is 0 Å². The van der Waals surface area contributed by atoms with Gasteiger partial charge < -0.3 is 9.63 Å². The zero-order valence-electron chi connectivity index (χ0n) is 11.0. The van der Waals surface area contributed by atoms with Crippen LogP contribution in [0.15, 0.2) is 28.8 Å². The second-order valence-corrected chi connectivity index (χ2v) is 5.40. The maximum Gasteiger partial charge on any atom is 0.241 e. The van der Waals surface area contributed by atoms with Crippen LogP contribution in [-0.4, -0.2) is 39.3 Å². The molecule has 20 heavy (non-hydrogen) atoms. The summed E-state index contributed by atoms with van der Waals surface area (Å²) in [5.74, 6) is 1.15. The van der Waals surface area contributed by atoms with Crippen molar-refractivity contribution in [2.75, 3.05) is 13.2 Å². The van der Waals surface area contributed by atoms with Crippen LogP contribution in [0.3, 0.4) is 0 Å². The fraction of sp³-hybridized carbons (Fsp3) is 0.429. The number of hydrogen-bond donors (Lipinski definition) is 1. The Morgan fingerprint density at radius 3 is 2.90 bits per heavy atom. The van der Waals surface area contributed by atoms with Gasteiger partial charge in [-0.05, 0) is 43.7 Å². The summed E-state index contributed by atoms with van der Waals surface area (Å²) >= 11 is 5.86. The number of benzene rings is 1. The molecule has 0 bridgehead atoms. The van der Waals surface area contributed by atoms with Gasteiger partial charge in [-0.3, -0.25) is 4.90 Å². The van der Waals surface area contributed by atoms with E-state index < -0.39 is 0 Å². The van der Waals surface area contributed by atoms with Gasteiger partial charge in [0.2, 0.25) is 11.7 Å². The fourth-order valence-electron chi connectivity index (χ4n) is 2.52. The first kappa shape index (κ1) is 13.5. The number of aliphatic hydroxyl groups excluding tert-OH is 1. The summed E-state index contributed by atoms with van der Waals surface area (Å²) in [7, 11) is 0. The molecule has 1 aliphatic rings. The third-order valence-corrected chi connectivity index (χ3v) is 3.87. The molecule has 0 aliphatic carbocycles. The van der Waals surface area contributed by atoms with Crippen molar-refractivity contribution in [3.8, 4) is 11.4 Å². The van der Waals surface area contributed by atoms with Crippen molar-refractivity contribution in [3.63, 3.8) is 0 Å². The van der Waals surface area contributed by atoms with Gasteiger partial charge in [0.05, 0.1) is 13.2 Å². The number of aliphatic hydroxyl groups is 1. The van der Waals surface area contributed by atoms with Crippen LogP contribution in [0.2, 0.25) is 5.02 Å². The van der Waals surface area contributed by atoms with E-state index in [1.807, 2.05) is 12.1 Å². The number of rotatable bonds is 4. The molecule has 3 rings (SSSR count). The molecule has 6 heteroatoms. The molecule has 2 aromatic rings. The van der Waals surface area contributed by atoms with E-state index >= 15 is 0 Å². The molecule has 1 N–H and O–H groups in total. The molecule has 0 radical (unpaired) electrons. The monoisotopic (exact) mass is 293 g/mol. The minimum Gasteiger partial charge on any atom is -0.395 e. The Balaban J connectivity index is 1.72. The molecule has 2 heterocycles. The highest BCUT2D eigenvalue weighted by molar-refractivity contribution is 6.30. The summed E-state index contributed by atoms with van der Waals surface area (Å²) < 4.78 is 5.29. The summed E-state index contributed by atoms with van der Waals surface area (Å²) in [6.45, 7) is 1.73. The Labute approximate surface area is 122 Å². The van der Waals surface area contributed by atoms with Crippen molar-refractivity contribution in [3.05, 3.63) is 35.2 Å². The Morgan fingerprint density at radius 1 is 1.35 bits per heavy atom. The molecule has 5 nitrogen and oxygen atoms in total. The van der Waals surface area contributed by atoms with E-state index in [1.54, 1.807) is 12.1 Å². The lowest BCUT2D eigenvalue weighted by Gasteiger charge is -2.20. The minimum atomic E-state index is 0.179. The van der Waals surface area contributed by atoms with Gasteiger partial charge in [-0.2, -0.15) is 4.98 Å². The van der Waals surface area contributed by atoms with Crippen molar-refractivity contribution in [2.45, 2.75) is 25.4 Å². The fourth-order valence-corrected chi connectivity index (χ4v) is 2.65. The molecule has 1 aliphatic heterocycles. The van der Waals surface area contributed by atoms with Gasteiger partial charge in [0, 0.05) is 16.6 Å². The Bertz CT molecular complexity index is 570. The summed E-state index contributed by atoms with van der Waals surface area (Å²) in [4.78, 5) is 6.58. The third-order valence-electron chi connectivity index (χ3n) is 3.62. The smallest absolute Gasteiger partial charge is 0.241 e. The maximum absolute atomic E-state index is 9.30. The van der Waals surface area contributed by atoms with Gasteiger partial charge in [0.15, 0.2) is 0 Å². The van der Waals surface area contributed by atoms with Crippen LogP contribution in [0.1, 0.15) is 18.7 Å². The average Bonchev–Trinajstić information content (AvgIpc) is 3.09. The predicted molar refractivity (Wildman–Crippen MR) is 75.3 cm³/mol. The van der Waals surface area contributed by atoms with E-state index in [1.165, 1.54) is 0 Å². The van der Waals surface area contributed by atoms with Crippen molar-refractivity contribution in [1.29, 1.82) is 0 Å². The molecule has 0 amide bonds. The van der Waals surface area contributed by atoms with E-state index in [-0.39, 0.29) is 12.6 Å². The Morgan fingerprint density at radius 2 is 2.15 bits per heavy atom. The normalized spacial score (nSPS) is 19.6. The van der Waals surface area contributed by atoms with E-state index in [9.17, 15) is 5.11 Å². The second-order valence-electron chi connectivity index (χ2n) is 4.97. The summed E-state index contributed by atoms with van der Waals surface area (Å²) in [5, 5.41) is 14.0. The van der Waals surface area contributed by atoms with Crippen LogP contribution in [0.4, 0.5) is 0 Å². The zero-order valence-corrected chi connectivity index (χ0v) is 11.8. The Kier molecular flexibility index (Phi) is 4.00. The predicted octanol–water partition coefficient (Wildman–Crippen LogP) is 2.35. The van der Waals surface area contributed by atoms with Gasteiger partial charge >= 0.3 is 0 Å². The molecule has 0 spiro atoms. The lowest BCUT2D eigenvalue weighted by atomic mass is 10.2. The topological polar surface area (TPSA) is 62.4 Å². The molecule has 0 saturated carbocycles. The highest BCUT2D eigenvalue weighted by atomic mass is 35.5. The van der Waals surface area contributed by atoms with E-state index in [0.29, 0.717) is 23.3 Å². The van der Waals surface area contributed by atoms with Crippen molar-refractivity contribution >= 4 is 11.6 Å². The zero-order chi connectivity index (χ0) is 13.9. The first-order valence-electron chi connectivity index (χ1n) is 6.69. The van der Waals surface area contributed by atoms with Gasteiger partial charge in [-0.1, -0.05) is 16.8 Å². The highest BCUT2D eigenvalue weighted by Gasteiger charge is 2.25. The SMILES string of the molecule is OC[C@@H]1CCCN1Cc1nc(-c2ccc(Cl)cc2)no1. The minimum absolute atomic E-state index is 0.179. The van der Waals surface area contributed by atoms with Crippen LogP contribution >= 0.6 is 11.6 Å². The lowest BCUT2D eigenvalue weighted by molar-refractivity contribution is 0.141. The summed E-state index contributed by atoms with van der Waals surface area (Å²) in [5.41, 5.74) is 0.879. The van der Waals surface area contributed by atoms with Gasteiger partial charge in [0.25, 0.3) is 0 Å². The number of halogens is 1. The van der Waals surface area contributed by atoms with Crippen LogP contribution in [0, 0.1) is 0 Å². The summed E-state index contributed by atoms with van der Waals surface area (Å²) in [6, 6.07) is 7.54. The number of aromatic nitrogens is 2. The second kappa shape index (κ2) is 5.91. The Hall–Kier alpha value is -1.43. The first-order valence-corrected chi connectivity index (χ1v) is 7.07. The number of nitrogens with zero attached hydrogens (tertiary/aromatic N) is 3. The third kappa shape index (κ3) is 2.85. The molecule has 1 fully saturated rings. The molecule has 1 aromatic carbocycles.